The molecule has 1 fully saturated rings. The average molecular weight is 1100 g/mol. The number of ether oxygens (including phenoxy) is 2. The topological polar surface area (TPSA) is 142 Å². The molecule has 83 heavy (non-hydrogen) atoms. The zero-order valence-corrected chi connectivity index (χ0v) is 45.0. The third kappa shape index (κ3) is 10.9. The minimum atomic E-state index is -1.14. The van der Waals surface area contributed by atoms with E-state index in [9.17, 15) is 33.1 Å². The number of rotatable bonds is 14. The van der Waals surface area contributed by atoms with Gasteiger partial charge in [-0.2, -0.15) is 0 Å². The molecular weight excluding hydrogens is 1050 g/mol. The molecule has 1 N–H and O–H groups in total. The molecule has 14 heteroatoms. The van der Waals surface area contributed by atoms with Crippen LogP contribution in [0.2, 0.25) is 0 Å². The summed E-state index contributed by atoms with van der Waals surface area (Å²) in [5.41, 5.74) is 8.07. The van der Waals surface area contributed by atoms with Crippen LogP contribution in [-0.4, -0.2) is 66.6 Å². The van der Waals surface area contributed by atoms with Crippen LogP contribution in [0, 0.1) is 11.6 Å². The number of pyridine rings is 2. The first-order chi connectivity index (χ1) is 40.6. The number of fused-ring (bicyclic) bond motifs is 4. The number of carbonyl (C=O) groups is 4. The molecule has 3 amide bonds. The third-order valence-electron chi connectivity index (χ3n) is 15.5. The number of carboxylic acid groups (broad SMARTS) is 1. The van der Waals surface area contributed by atoms with Crippen molar-refractivity contribution in [2.75, 3.05) is 13.1 Å². The molecular formula is C69H55F2N5O7. The molecule has 13 rings (SSSR count). The van der Waals surface area contributed by atoms with Crippen LogP contribution in [0.5, 0.6) is 11.5 Å². The van der Waals surface area contributed by atoms with Crippen LogP contribution in [0.25, 0.3) is 21.8 Å². The van der Waals surface area contributed by atoms with Crippen molar-refractivity contribution in [3.63, 3.8) is 0 Å². The predicted octanol–water partition coefficient (Wildman–Crippen LogP) is 13.7. The highest BCUT2D eigenvalue weighted by Gasteiger charge is 2.41. The lowest BCUT2D eigenvalue weighted by molar-refractivity contribution is 0.0691. The van der Waals surface area contributed by atoms with Crippen LogP contribution in [0.1, 0.15) is 117 Å². The SMILES string of the molecule is O=C(O)c1c2c(c(OC(c3ccccc3)c3ccccc3)c3ncccc13)C(=O)N(Cc1ccc(F)cc1)C2.O=C1c2c(c(C(=O)N3CCCCC3)c3cccnc3c2OC(c2ccccc2)c2ccccc2)CN1Cc1ccc(F)cc1. The summed E-state index contributed by atoms with van der Waals surface area (Å²) in [5.74, 6) is -1.91. The molecule has 1 saturated heterocycles. The number of likely N-dealkylation sites (tertiary alicyclic amines) is 1. The summed E-state index contributed by atoms with van der Waals surface area (Å²) in [6.07, 6.45) is 5.15. The standard InChI is InChI=1S/C37H32FN3O3.C32H23FN2O4/c38-28-18-16-25(17-19-28)23-41-24-30-31(36(42)40-21-8-3-9-22-40)29-15-10-20-39-33(29)35(32(30)37(41)43)44-34(26-11-4-1-5-12-26)27-13-6-2-7-14-27;33-23-15-13-20(14-16-23)18-35-19-25-26(32(37)38)24-12-7-17-34-28(24)30(27(25)31(35)36)39-29(21-8-3-1-4-9-21)22-10-5-2-6-11-22/h1-2,4-7,10-20,34H,3,8-9,21-24H2;1-17,29H,18-19H2,(H,37,38). The zero-order valence-electron chi connectivity index (χ0n) is 45.0. The minimum Gasteiger partial charge on any atom is -0.478 e. The smallest absolute Gasteiger partial charge is 0.336 e. The summed E-state index contributed by atoms with van der Waals surface area (Å²) in [5, 5.41) is 11.3. The summed E-state index contributed by atoms with van der Waals surface area (Å²) in [4.78, 5) is 69.4. The summed E-state index contributed by atoms with van der Waals surface area (Å²) in [6, 6.07) is 58.2. The van der Waals surface area contributed by atoms with Gasteiger partial charge in [0.2, 0.25) is 0 Å². The largest absolute Gasteiger partial charge is 0.478 e. The molecule has 0 bridgehead atoms. The number of hydrogen-bond donors (Lipinski definition) is 1. The quantitative estimate of drug-likeness (QED) is 0.113. The molecule has 0 atom stereocenters. The molecule has 12 nitrogen and oxygen atoms in total. The van der Waals surface area contributed by atoms with Crippen LogP contribution in [0.4, 0.5) is 8.78 Å². The van der Waals surface area contributed by atoms with E-state index < -0.39 is 18.2 Å². The molecule has 412 valence electrons. The number of nitrogens with zero attached hydrogens (tertiary/aromatic N) is 5. The number of aromatic nitrogens is 2. The van der Waals surface area contributed by atoms with E-state index in [1.807, 2.05) is 138 Å². The van der Waals surface area contributed by atoms with Crippen molar-refractivity contribution in [2.45, 2.75) is 57.6 Å². The molecule has 0 saturated carbocycles. The number of amides is 3. The fraction of sp³-hybridized carbons (Fsp3) is 0.159. The van der Waals surface area contributed by atoms with Crippen LogP contribution < -0.4 is 9.47 Å². The molecule has 0 radical (unpaired) electrons. The number of carbonyl (C=O) groups excluding carboxylic acids is 3. The first-order valence-corrected chi connectivity index (χ1v) is 27.6. The molecule has 3 aliphatic rings. The Morgan fingerprint density at radius 3 is 1.24 bits per heavy atom. The zero-order chi connectivity index (χ0) is 57.0. The van der Waals surface area contributed by atoms with Gasteiger partial charge in [-0.1, -0.05) is 158 Å². The van der Waals surface area contributed by atoms with E-state index in [0.29, 0.717) is 62.9 Å². The van der Waals surface area contributed by atoms with Crippen LogP contribution in [0.15, 0.2) is 207 Å². The number of hydrogen-bond acceptors (Lipinski definition) is 8. The maximum atomic E-state index is 14.4. The molecule has 0 aliphatic carbocycles. The first-order valence-electron chi connectivity index (χ1n) is 27.6. The lowest BCUT2D eigenvalue weighted by Crippen LogP contribution is -2.36. The molecule has 3 aliphatic heterocycles. The van der Waals surface area contributed by atoms with Crippen molar-refractivity contribution >= 4 is 45.5 Å². The van der Waals surface area contributed by atoms with Gasteiger partial charge in [0.15, 0.2) is 11.5 Å². The second-order valence-electron chi connectivity index (χ2n) is 20.8. The second kappa shape index (κ2) is 23.6. The minimum absolute atomic E-state index is 0.0337. The van der Waals surface area contributed by atoms with Gasteiger partial charge in [0.1, 0.15) is 34.9 Å². The lowest BCUT2D eigenvalue weighted by Gasteiger charge is -2.28. The Morgan fingerprint density at radius 1 is 0.482 bits per heavy atom. The number of carboxylic acids is 1. The Kier molecular flexibility index (Phi) is 15.2. The average Bonchev–Trinajstić information content (AvgIpc) is 3.85. The van der Waals surface area contributed by atoms with Gasteiger partial charge in [-0.05, 0) is 89.0 Å². The number of piperidine rings is 1. The van der Waals surface area contributed by atoms with Crippen molar-refractivity contribution in [2.24, 2.45) is 0 Å². The highest BCUT2D eigenvalue weighted by molar-refractivity contribution is 6.16. The van der Waals surface area contributed by atoms with Crippen LogP contribution in [0.3, 0.4) is 0 Å². The maximum absolute atomic E-state index is 14.4. The van der Waals surface area contributed by atoms with Gasteiger partial charge >= 0.3 is 5.97 Å². The fourth-order valence-electron chi connectivity index (χ4n) is 11.5. The third-order valence-corrected chi connectivity index (χ3v) is 15.5. The Hall–Kier alpha value is -10.1. The van der Waals surface area contributed by atoms with E-state index in [-0.39, 0.29) is 72.4 Å². The lowest BCUT2D eigenvalue weighted by atomic mass is 9.94. The van der Waals surface area contributed by atoms with E-state index in [1.54, 1.807) is 58.6 Å². The van der Waals surface area contributed by atoms with Crippen molar-refractivity contribution in [1.29, 1.82) is 0 Å². The summed E-state index contributed by atoms with van der Waals surface area (Å²) in [7, 11) is 0. The molecule has 2 aromatic heterocycles. The summed E-state index contributed by atoms with van der Waals surface area (Å²) < 4.78 is 40.8. The van der Waals surface area contributed by atoms with E-state index in [0.717, 1.165) is 52.6 Å². The van der Waals surface area contributed by atoms with Crippen molar-refractivity contribution in [3.8, 4) is 11.5 Å². The van der Waals surface area contributed by atoms with Gasteiger partial charge < -0.3 is 29.3 Å². The van der Waals surface area contributed by atoms with E-state index in [1.165, 1.54) is 24.3 Å². The molecule has 8 aromatic carbocycles. The maximum Gasteiger partial charge on any atom is 0.336 e. The van der Waals surface area contributed by atoms with Crippen molar-refractivity contribution in [1.82, 2.24) is 24.7 Å². The van der Waals surface area contributed by atoms with Crippen LogP contribution in [-0.2, 0) is 26.2 Å². The van der Waals surface area contributed by atoms with Gasteiger partial charge in [-0.15, -0.1) is 0 Å². The Bertz CT molecular complexity index is 3960. The molecule has 10 aromatic rings. The first kappa shape index (κ1) is 53.6. The van der Waals surface area contributed by atoms with Gasteiger partial charge in [0.05, 0.1) is 22.3 Å². The fourth-order valence-corrected chi connectivity index (χ4v) is 11.5. The number of halogens is 2. The van der Waals surface area contributed by atoms with Crippen molar-refractivity contribution in [3.05, 3.63) is 285 Å². The highest BCUT2D eigenvalue weighted by Crippen LogP contribution is 2.46. The van der Waals surface area contributed by atoms with Gasteiger partial charge in [0.25, 0.3) is 17.7 Å². The summed E-state index contributed by atoms with van der Waals surface area (Å²) in [6.45, 7) is 2.15. The second-order valence-corrected chi connectivity index (χ2v) is 20.8. The summed E-state index contributed by atoms with van der Waals surface area (Å²) >= 11 is 0. The van der Waals surface area contributed by atoms with Gasteiger partial charge in [-0.25, -0.2) is 13.6 Å². The number of aromatic carboxylic acids is 1. The molecule has 0 unspecified atom stereocenters. The Morgan fingerprint density at radius 2 is 0.855 bits per heavy atom. The van der Waals surface area contributed by atoms with Crippen LogP contribution >= 0.6 is 0 Å². The van der Waals surface area contributed by atoms with Gasteiger partial charge in [-0.3, -0.25) is 24.4 Å². The normalized spacial score (nSPS) is 13.8. The van der Waals surface area contributed by atoms with Gasteiger partial charge in [0, 0.05) is 73.6 Å². The van der Waals surface area contributed by atoms with E-state index in [2.05, 4.69) is 4.98 Å². The molecule has 5 heterocycles. The van der Waals surface area contributed by atoms with Crippen molar-refractivity contribution < 1.29 is 42.5 Å². The predicted molar refractivity (Wildman–Crippen MR) is 311 cm³/mol. The monoisotopic (exact) mass is 1100 g/mol. The Labute approximate surface area is 477 Å². The highest BCUT2D eigenvalue weighted by atomic mass is 19.1. The van der Waals surface area contributed by atoms with E-state index >= 15 is 0 Å². The molecule has 0 spiro atoms. The number of benzene rings is 8. The Balaban J connectivity index is 0.000000165. The van der Waals surface area contributed by atoms with E-state index in [4.69, 9.17) is 14.5 Å².